The fourth-order valence-corrected chi connectivity index (χ4v) is 2.10. The standard InChI is InChI=1S/C16H19NO3.ClH/c1-18-13-7-4-11(5-8-13)16(17)12-6-9-14(19-2)15(10-12)20-3;/h4-10,16H,17H2,1-3H3;1H. The van der Waals surface area contributed by atoms with Crippen molar-refractivity contribution in [3.05, 3.63) is 53.6 Å². The molecule has 0 spiro atoms. The number of halogens is 1. The van der Waals surface area contributed by atoms with E-state index in [0.29, 0.717) is 5.75 Å². The molecule has 2 rings (SSSR count). The van der Waals surface area contributed by atoms with Crippen LogP contribution in [0.15, 0.2) is 42.5 Å². The summed E-state index contributed by atoms with van der Waals surface area (Å²) in [4.78, 5) is 0. The Morgan fingerprint density at radius 2 is 1.33 bits per heavy atom. The number of methoxy groups -OCH3 is 3. The van der Waals surface area contributed by atoms with E-state index in [1.165, 1.54) is 0 Å². The largest absolute Gasteiger partial charge is 1.00 e. The molecule has 2 aromatic carbocycles. The van der Waals surface area contributed by atoms with E-state index in [4.69, 9.17) is 14.2 Å². The second-order valence-electron chi connectivity index (χ2n) is 4.44. The Kier molecular flexibility index (Phi) is 6.34. The second-order valence-corrected chi connectivity index (χ2v) is 4.44. The van der Waals surface area contributed by atoms with Crippen molar-refractivity contribution in [2.75, 3.05) is 21.3 Å². The van der Waals surface area contributed by atoms with Crippen LogP contribution >= 0.6 is 0 Å². The third kappa shape index (κ3) is 3.80. The maximum Gasteiger partial charge on any atom is 0.161 e. The van der Waals surface area contributed by atoms with Gasteiger partial charge in [-0.15, -0.1) is 0 Å². The molecule has 0 saturated carbocycles. The molecule has 4 nitrogen and oxygen atoms in total. The van der Waals surface area contributed by atoms with Gasteiger partial charge in [0.1, 0.15) is 11.8 Å². The highest BCUT2D eigenvalue weighted by Gasteiger charge is 2.15. The van der Waals surface area contributed by atoms with Crippen LogP contribution in [0.4, 0.5) is 0 Å². The van der Waals surface area contributed by atoms with Crippen molar-refractivity contribution in [3.8, 4) is 17.2 Å². The molecule has 1 atom stereocenters. The monoisotopic (exact) mass is 309 g/mol. The summed E-state index contributed by atoms with van der Waals surface area (Å²) in [5.74, 6) is 2.28. The Bertz CT molecular complexity index is 572. The van der Waals surface area contributed by atoms with Crippen LogP contribution in [0.1, 0.15) is 17.2 Å². The molecule has 3 N–H and O–H groups in total. The molecular formula is C16H20ClNO3. The summed E-state index contributed by atoms with van der Waals surface area (Å²) in [7, 11) is 4.92. The van der Waals surface area contributed by atoms with Gasteiger partial charge >= 0.3 is 0 Å². The van der Waals surface area contributed by atoms with Crippen LogP contribution in [0.3, 0.4) is 0 Å². The van der Waals surface area contributed by atoms with Gasteiger partial charge < -0.3 is 32.4 Å². The molecular weight excluding hydrogens is 290 g/mol. The van der Waals surface area contributed by atoms with Gasteiger partial charge in [-0.1, -0.05) is 0 Å². The number of benzene rings is 2. The van der Waals surface area contributed by atoms with E-state index in [1.807, 2.05) is 42.5 Å². The third-order valence-electron chi connectivity index (χ3n) is 3.33. The summed E-state index contributed by atoms with van der Waals surface area (Å²) in [5, 5.41) is 0. The van der Waals surface area contributed by atoms with E-state index in [1.54, 1.807) is 21.3 Å². The van der Waals surface area contributed by atoms with E-state index in [2.05, 4.69) is 5.73 Å². The van der Waals surface area contributed by atoms with Crippen molar-refractivity contribution in [1.82, 2.24) is 0 Å². The highest BCUT2D eigenvalue weighted by molar-refractivity contribution is 5.45. The van der Waals surface area contributed by atoms with Gasteiger partial charge in [0.05, 0.1) is 21.3 Å². The summed E-state index contributed by atoms with van der Waals surface area (Å²) in [6.07, 6.45) is 0. The molecule has 5 heteroatoms. The highest BCUT2D eigenvalue weighted by Crippen LogP contribution is 2.31. The molecule has 0 saturated heterocycles. The van der Waals surface area contributed by atoms with E-state index in [-0.39, 0.29) is 18.4 Å². The van der Waals surface area contributed by atoms with Gasteiger partial charge in [0.25, 0.3) is 0 Å². The van der Waals surface area contributed by atoms with Crippen LogP contribution in [-0.4, -0.2) is 21.3 Å². The van der Waals surface area contributed by atoms with Crippen molar-refractivity contribution in [2.45, 2.75) is 6.04 Å². The van der Waals surface area contributed by atoms with Crippen molar-refractivity contribution >= 4 is 0 Å². The van der Waals surface area contributed by atoms with Crippen molar-refractivity contribution in [3.63, 3.8) is 0 Å². The molecule has 0 aromatic heterocycles. The lowest BCUT2D eigenvalue weighted by molar-refractivity contribution is -0.411. The normalized spacial score (nSPS) is 11.2. The first-order chi connectivity index (χ1) is 9.69. The lowest BCUT2D eigenvalue weighted by Crippen LogP contribution is -3.00. The fourth-order valence-electron chi connectivity index (χ4n) is 2.10. The number of rotatable bonds is 5. The van der Waals surface area contributed by atoms with Crippen molar-refractivity contribution < 1.29 is 32.4 Å². The smallest absolute Gasteiger partial charge is 0.161 e. The predicted octanol–water partition coefficient (Wildman–Crippen LogP) is -0.952. The Balaban J connectivity index is 0.00000220. The average Bonchev–Trinajstić information content (AvgIpc) is 2.53. The third-order valence-corrected chi connectivity index (χ3v) is 3.33. The Morgan fingerprint density at radius 1 is 0.762 bits per heavy atom. The average molecular weight is 310 g/mol. The molecule has 0 aliphatic heterocycles. The minimum atomic E-state index is 0. The fraction of sp³-hybridized carbons (Fsp3) is 0.250. The zero-order valence-corrected chi connectivity index (χ0v) is 13.2. The molecule has 114 valence electrons. The van der Waals surface area contributed by atoms with Crippen molar-refractivity contribution in [1.29, 1.82) is 0 Å². The summed E-state index contributed by atoms with van der Waals surface area (Å²) in [6.45, 7) is 0. The first-order valence-electron chi connectivity index (χ1n) is 6.38. The summed E-state index contributed by atoms with van der Waals surface area (Å²) in [5.41, 5.74) is 6.43. The zero-order chi connectivity index (χ0) is 14.5. The van der Waals surface area contributed by atoms with E-state index in [9.17, 15) is 0 Å². The van der Waals surface area contributed by atoms with Crippen LogP contribution < -0.4 is 32.4 Å². The predicted molar refractivity (Wildman–Crippen MR) is 77.3 cm³/mol. The van der Waals surface area contributed by atoms with Crippen LogP contribution in [-0.2, 0) is 0 Å². The molecule has 0 heterocycles. The first-order valence-corrected chi connectivity index (χ1v) is 6.38. The van der Waals surface area contributed by atoms with Gasteiger partial charge in [0, 0.05) is 11.1 Å². The van der Waals surface area contributed by atoms with Gasteiger partial charge in [-0.25, -0.2) is 0 Å². The minimum absolute atomic E-state index is 0. The molecule has 21 heavy (non-hydrogen) atoms. The Hall–Kier alpha value is -1.91. The topological polar surface area (TPSA) is 55.3 Å². The summed E-state index contributed by atoms with van der Waals surface area (Å²) in [6, 6.07) is 13.8. The van der Waals surface area contributed by atoms with E-state index in [0.717, 1.165) is 22.6 Å². The maximum atomic E-state index is 5.33. The Labute approximate surface area is 131 Å². The van der Waals surface area contributed by atoms with Gasteiger partial charge in [0.2, 0.25) is 0 Å². The lowest BCUT2D eigenvalue weighted by Gasteiger charge is -2.13. The van der Waals surface area contributed by atoms with Crippen LogP contribution in [0, 0.1) is 0 Å². The molecule has 0 radical (unpaired) electrons. The quantitative estimate of drug-likeness (QED) is 0.775. The lowest BCUT2D eigenvalue weighted by atomic mass is 9.99. The molecule has 0 amide bonds. The van der Waals surface area contributed by atoms with E-state index < -0.39 is 0 Å². The van der Waals surface area contributed by atoms with Crippen molar-refractivity contribution in [2.24, 2.45) is 0 Å². The van der Waals surface area contributed by atoms with Gasteiger partial charge in [-0.05, 0) is 42.5 Å². The summed E-state index contributed by atoms with van der Waals surface area (Å²) >= 11 is 0. The molecule has 1 unspecified atom stereocenters. The van der Waals surface area contributed by atoms with E-state index >= 15 is 0 Å². The first kappa shape index (κ1) is 17.1. The molecule has 2 aromatic rings. The SMILES string of the molecule is COc1ccc(C([NH3+])c2ccc(OC)c(OC)c2)cc1.[Cl-]. The number of quaternary nitrogens is 1. The molecule has 0 aliphatic carbocycles. The maximum absolute atomic E-state index is 5.33. The second kappa shape index (κ2) is 7.76. The van der Waals surface area contributed by atoms with Gasteiger partial charge in [-0.3, -0.25) is 0 Å². The highest BCUT2D eigenvalue weighted by atomic mass is 35.5. The van der Waals surface area contributed by atoms with Gasteiger partial charge in [-0.2, -0.15) is 0 Å². The van der Waals surface area contributed by atoms with Crippen LogP contribution in [0.5, 0.6) is 17.2 Å². The number of hydrogen-bond donors (Lipinski definition) is 1. The van der Waals surface area contributed by atoms with Gasteiger partial charge in [0.15, 0.2) is 11.5 Å². The van der Waals surface area contributed by atoms with Crippen LogP contribution in [0.25, 0.3) is 0 Å². The molecule has 0 bridgehead atoms. The minimum Gasteiger partial charge on any atom is -1.00 e. The zero-order valence-electron chi connectivity index (χ0n) is 12.4. The molecule has 0 fully saturated rings. The van der Waals surface area contributed by atoms with Crippen LogP contribution in [0.2, 0.25) is 0 Å². The number of ether oxygens (including phenoxy) is 3. The number of hydrogen-bond acceptors (Lipinski definition) is 3. The molecule has 0 aliphatic rings. The summed E-state index contributed by atoms with van der Waals surface area (Å²) < 4.78 is 15.7. The Morgan fingerprint density at radius 3 is 1.86 bits per heavy atom.